The van der Waals surface area contributed by atoms with E-state index in [9.17, 15) is 4.79 Å². The summed E-state index contributed by atoms with van der Waals surface area (Å²) in [4.78, 5) is 14.1. The number of benzene rings is 1. The molecule has 1 saturated heterocycles. The summed E-state index contributed by atoms with van der Waals surface area (Å²) in [6.45, 7) is 7.95. The molecule has 1 aliphatic rings. The van der Waals surface area contributed by atoms with Gasteiger partial charge in [0.1, 0.15) is 0 Å². The van der Waals surface area contributed by atoms with E-state index >= 15 is 0 Å². The van der Waals surface area contributed by atoms with Crippen molar-refractivity contribution >= 4 is 23.2 Å². The molecule has 0 radical (unpaired) electrons. The number of thiocarbonyl (C=S) groups is 1. The highest BCUT2D eigenvalue weighted by Crippen LogP contribution is 2.22. The van der Waals surface area contributed by atoms with Gasteiger partial charge in [-0.3, -0.25) is 4.79 Å². The van der Waals surface area contributed by atoms with E-state index in [1.165, 1.54) is 0 Å². The minimum atomic E-state index is 0.0556. The van der Waals surface area contributed by atoms with Gasteiger partial charge in [0.05, 0.1) is 0 Å². The number of hydrogen-bond donors (Lipinski definition) is 2. The maximum absolute atomic E-state index is 11.9. The largest absolute Gasteiger partial charge is 0.358 e. The smallest absolute Gasteiger partial charge is 0.220 e. The van der Waals surface area contributed by atoms with Crippen molar-refractivity contribution in [2.45, 2.75) is 58.2 Å². The number of nitrogens with one attached hydrogen (secondary N) is 2. The van der Waals surface area contributed by atoms with Gasteiger partial charge in [-0.15, -0.1) is 0 Å². The van der Waals surface area contributed by atoms with Gasteiger partial charge in [-0.1, -0.05) is 30.3 Å². The van der Waals surface area contributed by atoms with E-state index in [-0.39, 0.29) is 11.4 Å². The minimum Gasteiger partial charge on any atom is -0.358 e. The molecule has 126 valence electrons. The Balaban J connectivity index is 1.70. The molecule has 0 saturated carbocycles. The summed E-state index contributed by atoms with van der Waals surface area (Å²) in [6, 6.07) is 10.4. The van der Waals surface area contributed by atoms with Crippen LogP contribution in [-0.4, -0.2) is 34.0 Å². The molecule has 0 spiro atoms. The van der Waals surface area contributed by atoms with Crippen molar-refractivity contribution in [1.29, 1.82) is 0 Å². The van der Waals surface area contributed by atoms with Crippen molar-refractivity contribution in [1.82, 2.24) is 15.5 Å². The summed E-state index contributed by atoms with van der Waals surface area (Å²) >= 11 is 5.46. The van der Waals surface area contributed by atoms with E-state index in [1.54, 1.807) is 0 Å². The molecule has 1 fully saturated rings. The number of rotatable bonds is 6. The molecule has 2 rings (SSSR count). The zero-order valence-electron chi connectivity index (χ0n) is 14.3. The summed E-state index contributed by atoms with van der Waals surface area (Å²) in [5, 5.41) is 7.15. The number of carbonyl (C=O) groups is 1. The quantitative estimate of drug-likeness (QED) is 0.786. The van der Waals surface area contributed by atoms with Gasteiger partial charge in [0.15, 0.2) is 5.11 Å². The first-order valence-electron chi connectivity index (χ1n) is 8.27. The predicted octanol–water partition coefficient (Wildman–Crippen LogP) is 2.83. The Labute approximate surface area is 144 Å². The standard InChI is InChI=1S/C18H27N3OS/c1-14-12-18(2,3)20-17(23)21(14)11-7-10-16(22)19-13-15-8-5-4-6-9-15/h4-6,8-9,14H,7,10-13H2,1-3H3,(H,19,22)(H,20,23)/t14-/m1/s1. The first kappa shape index (κ1) is 17.7. The lowest BCUT2D eigenvalue weighted by atomic mass is 9.93. The molecule has 4 nitrogen and oxygen atoms in total. The molecule has 1 atom stereocenters. The van der Waals surface area contributed by atoms with Gasteiger partial charge in [-0.05, 0) is 51.4 Å². The molecule has 1 aromatic rings. The molecule has 0 unspecified atom stereocenters. The van der Waals surface area contributed by atoms with Crippen molar-refractivity contribution in [3.63, 3.8) is 0 Å². The van der Waals surface area contributed by atoms with Crippen molar-refractivity contribution in [3.8, 4) is 0 Å². The lowest BCUT2D eigenvalue weighted by molar-refractivity contribution is -0.121. The fraction of sp³-hybridized carbons (Fsp3) is 0.556. The Morgan fingerprint density at radius 1 is 1.39 bits per heavy atom. The first-order chi connectivity index (χ1) is 10.9. The minimum absolute atomic E-state index is 0.0556. The molecule has 0 aromatic heterocycles. The highest BCUT2D eigenvalue weighted by Gasteiger charge is 2.32. The average molecular weight is 334 g/mol. The van der Waals surface area contributed by atoms with Gasteiger partial charge in [0, 0.05) is 31.1 Å². The predicted molar refractivity (Wildman–Crippen MR) is 98.1 cm³/mol. The van der Waals surface area contributed by atoms with E-state index in [0.717, 1.165) is 30.1 Å². The number of hydrogen-bond acceptors (Lipinski definition) is 2. The fourth-order valence-electron chi connectivity index (χ4n) is 3.08. The van der Waals surface area contributed by atoms with Crippen LogP contribution in [0.4, 0.5) is 0 Å². The normalized spacial score (nSPS) is 20.0. The number of carbonyl (C=O) groups excluding carboxylic acids is 1. The van der Waals surface area contributed by atoms with Crippen LogP contribution in [0.5, 0.6) is 0 Å². The second-order valence-corrected chi connectivity index (χ2v) is 7.31. The topological polar surface area (TPSA) is 44.4 Å². The summed E-state index contributed by atoms with van der Waals surface area (Å²) < 4.78 is 0. The van der Waals surface area contributed by atoms with Gasteiger partial charge in [0.2, 0.25) is 5.91 Å². The summed E-state index contributed by atoms with van der Waals surface area (Å²) in [6.07, 6.45) is 2.39. The monoisotopic (exact) mass is 333 g/mol. The summed E-state index contributed by atoms with van der Waals surface area (Å²) in [7, 11) is 0. The van der Waals surface area contributed by atoms with Crippen molar-refractivity contribution in [3.05, 3.63) is 35.9 Å². The molecule has 0 bridgehead atoms. The van der Waals surface area contributed by atoms with Crippen LogP contribution in [-0.2, 0) is 11.3 Å². The molecule has 1 aromatic carbocycles. The molecular formula is C18H27N3OS. The second-order valence-electron chi connectivity index (χ2n) is 6.93. The number of nitrogens with zero attached hydrogens (tertiary/aromatic N) is 1. The average Bonchev–Trinajstić information content (AvgIpc) is 2.48. The number of amides is 1. The van der Waals surface area contributed by atoms with Crippen LogP contribution in [0.1, 0.15) is 45.6 Å². The summed E-state index contributed by atoms with van der Waals surface area (Å²) in [5.41, 5.74) is 1.18. The van der Waals surface area contributed by atoms with Gasteiger partial charge >= 0.3 is 0 Å². The molecule has 0 aliphatic carbocycles. The Morgan fingerprint density at radius 2 is 2.09 bits per heavy atom. The Kier molecular flexibility index (Phi) is 5.99. The van der Waals surface area contributed by atoms with Gasteiger partial charge in [0.25, 0.3) is 0 Å². The van der Waals surface area contributed by atoms with Crippen LogP contribution in [0.25, 0.3) is 0 Å². The highest BCUT2D eigenvalue weighted by molar-refractivity contribution is 7.80. The molecule has 5 heteroatoms. The molecule has 1 amide bonds. The Morgan fingerprint density at radius 3 is 2.74 bits per heavy atom. The first-order valence-corrected chi connectivity index (χ1v) is 8.68. The lowest BCUT2D eigenvalue weighted by Gasteiger charge is -2.44. The Hall–Kier alpha value is -1.62. The van der Waals surface area contributed by atoms with Crippen molar-refractivity contribution in [2.75, 3.05) is 6.54 Å². The molecule has 1 aliphatic heterocycles. The van der Waals surface area contributed by atoms with Crippen molar-refractivity contribution in [2.24, 2.45) is 0 Å². The van der Waals surface area contributed by atoms with Crippen LogP contribution in [0.15, 0.2) is 30.3 Å². The van der Waals surface area contributed by atoms with Crippen molar-refractivity contribution < 1.29 is 4.79 Å². The molecule has 23 heavy (non-hydrogen) atoms. The third-order valence-electron chi connectivity index (χ3n) is 4.18. The van der Waals surface area contributed by atoms with Gasteiger partial charge in [-0.25, -0.2) is 0 Å². The maximum atomic E-state index is 11.9. The van der Waals surface area contributed by atoms with Crippen LogP contribution in [0, 0.1) is 0 Å². The molecule has 1 heterocycles. The Bertz CT molecular complexity index is 544. The SMILES string of the molecule is C[C@@H]1CC(C)(C)NC(=S)N1CCCC(=O)NCc1ccccc1. The van der Waals surface area contributed by atoms with E-state index in [1.807, 2.05) is 30.3 Å². The van der Waals surface area contributed by atoms with E-state index < -0.39 is 0 Å². The fourth-order valence-corrected chi connectivity index (χ4v) is 3.63. The zero-order valence-corrected chi connectivity index (χ0v) is 15.1. The maximum Gasteiger partial charge on any atom is 0.220 e. The second kappa shape index (κ2) is 7.77. The zero-order chi connectivity index (χ0) is 16.9. The lowest BCUT2D eigenvalue weighted by Crippen LogP contribution is -2.60. The van der Waals surface area contributed by atoms with E-state index in [2.05, 4.69) is 36.3 Å². The highest BCUT2D eigenvalue weighted by atomic mass is 32.1. The third kappa shape index (κ3) is 5.50. The molecule has 2 N–H and O–H groups in total. The van der Waals surface area contributed by atoms with Crippen LogP contribution < -0.4 is 10.6 Å². The van der Waals surface area contributed by atoms with Crippen LogP contribution in [0.2, 0.25) is 0 Å². The van der Waals surface area contributed by atoms with E-state index in [0.29, 0.717) is 19.0 Å². The third-order valence-corrected chi connectivity index (χ3v) is 4.52. The molecular weight excluding hydrogens is 306 g/mol. The van der Waals surface area contributed by atoms with Crippen LogP contribution in [0.3, 0.4) is 0 Å². The summed E-state index contributed by atoms with van der Waals surface area (Å²) in [5.74, 6) is 0.0951. The van der Waals surface area contributed by atoms with Gasteiger partial charge in [-0.2, -0.15) is 0 Å². The van der Waals surface area contributed by atoms with Crippen LogP contribution >= 0.6 is 12.2 Å². The van der Waals surface area contributed by atoms with Gasteiger partial charge < -0.3 is 15.5 Å². The van der Waals surface area contributed by atoms with E-state index in [4.69, 9.17) is 12.2 Å².